The number of rotatable bonds is 6. The number of hydrogen-bond acceptors (Lipinski definition) is 3. The van der Waals surface area contributed by atoms with Gasteiger partial charge in [0.25, 0.3) is 0 Å². The van der Waals surface area contributed by atoms with Crippen LogP contribution in [0.2, 0.25) is 5.02 Å². The summed E-state index contributed by atoms with van der Waals surface area (Å²) in [5.74, 6) is 0.0265. The molecule has 0 aromatic heterocycles. The maximum absolute atomic E-state index is 12.9. The molecule has 0 bridgehead atoms. The molecule has 3 rings (SSSR count). The van der Waals surface area contributed by atoms with Crippen LogP contribution in [0.25, 0.3) is 0 Å². The lowest BCUT2D eigenvalue weighted by atomic mass is 10.1. The summed E-state index contributed by atoms with van der Waals surface area (Å²) in [7, 11) is 0. The largest absolute Gasteiger partial charge is 0.413 e. The van der Waals surface area contributed by atoms with E-state index in [2.05, 4.69) is 26.6 Å². The van der Waals surface area contributed by atoms with Crippen molar-refractivity contribution in [2.75, 3.05) is 5.32 Å². The number of nitrogens with one attached hydrogen (secondary N) is 2. The highest BCUT2D eigenvalue weighted by atomic mass is 79.9. The minimum atomic E-state index is -0.830. The molecule has 2 amide bonds. The Balaban J connectivity index is 1.73. The van der Waals surface area contributed by atoms with Crippen molar-refractivity contribution in [1.82, 2.24) is 5.32 Å². The number of halogens is 2. The van der Waals surface area contributed by atoms with Gasteiger partial charge in [0, 0.05) is 16.6 Å². The number of anilines is 1. The Bertz CT molecular complexity index is 984. The Hall–Kier alpha value is -2.83. The van der Waals surface area contributed by atoms with Gasteiger partial charge in [0.15, 0.2) is 0 Å². The molecule has 0 heterocycles. The third-order valence-corrected chi connectivity index (χ3v) is 5.25. The summed E-state index contributed by atoms with van der Waals surface area (Å²) in [6, 6.07) is 22.3. The molecule has 3 aromatic carbocycles. The van der Waals surface area contributed by atoms with Crippen LogP contribution in [0.1, 0.15) is 5.56 Å². The molecule has 3 aromatic rings. The summed E-state index contributed by atoms with van der Waals surface area (Å²) in [5, 5.41) is 5.99. The van der Waals surface area contributed by atoms with Gasteiger partial charge >= 0.3 is 6.09 Å². The van der Waals surface area contributed by atoms with Crippen molar-refractivity contribution in [2.45, 2.75) is 12.5 Å². The molecule has 5 nitrogen and oxygen atoms in total. The molecule has 0 spiro atoms. The molecule has 1 atom stereocenters. The molecule has 0 fully saturated rings. The summed E-state index contributed by atoms with van der Waals surface area (Å²) < 4.78 is 5.92. The number of carbonyl (C=O) groups is 2. The third-order valence-electron chi connectivity index (χ3n) is 4.03. The normalized spacial score (nSPS) is 11.4. The van der Waals surface area contributed by atoms with Crippen LogP contribution >= 0.6 is 27.5 Å². The van der Waals surface area contributed by atoms with Gasteiger partial charge in [-0.1, -0.05) is 60.1 Å². The van der Waals surface area contributed by atoms with Gasteiger partial charge in [0.1, 0.15) is 11.8 Å². The van der Waals surface area contributed by atoms with E-state index in [0.29, 0.717) is 27.4 Å². The van der Waals surface area contributed by atoms with Crippen molar-refractivity contribution in [3.8, 4) is 5.75 Å². The lowest BCUT2D eigenvalue weighted by Gasteiger charge is -2.19. The second-order valence-electron chi connectivity index (χ2n) is 6.21. The molecule has 0 saturated heterocycles. The van der Waals surface area contributed by atoms with E-state index in [1.54, 1.807) is 42.5 Å². The van der Waals surface area contributed by atoms with Crippen molar-refractivity contribution >= 4 is 45.2 Å². The van der Waals surface area contributed by atoms with Crippen LogP contribution in [0, 0.1) is 0 Å². The highest BCUT2D eigenvalue weighted by Crippen LogP contribution is 2.25. The first-order valence-electron chi connectivity index (χ1n) is 8.84. The van der Waals surface area contributed by atoms with Crippen molar-refractivity contribution < 1.29 is 14.3 Å². The van der Waals surface area contributed by atoms with E-state index in [0.717, 1.165) is 5.56 Å². The van der Waals surface area contributed by atoms with Gasteiger partial charge in [-0.15, -0.1) is 0 Å². The van der Waals surface area contributed by atoms with E-state index in [1.165, 1.54) is 0 Å². The Morgan fingerprint density at radius 3 is 2.28 bits per heavy atom. The predicted molar refractivity (Wildman–Crippen MR) is 117 cm³/mol. The molecule has 0 aliphatic carbocycles. The Morgan fingerprint density at radius 1 is 0.966 bits per heavy atom. The van der Waals surface area contributed by atoms with Crippen molar-refractivity contribution in [3.63, 3.8) is 0 Å². The van der Waals surface area contributed by atoms with E-state index in [9.17, 15) is 9.59 Å². The Morgan fingerprint density at radius 2 is 1.62 bits per heavy atom. The second kappa shape index (κ2) is 10.1. The Labute approximate surface area is 182 Å². The van der Waals surface area contributed by atoms with E-state index in [1.807, 2.05) is 36.4 Å². The number of amides is 2. The first-order valence-corrected chi connectivity index (χ1v) is 10.0. The lowest BCUT2D eigenvalue weighted by Crippen LogP contribution is -2.46. The van der Waals surface area contributed by atoms with Gasteiger partial charge < -0.3 is 15.4 Å². The molecular formula is C22H18BrClN2O3. The molecule has 29 heavy (non-hydrogen) atoms. The highest BCUT2D eigenvalue weighted by molar-refractivity contribution is 9.10. The molecular weight excluding hydrogens is 456 g/mol. The standard InChI is InChI=1S/C22H18BrClN2O3/c23-18-14-16(11-12-19(18)24)25-21(27)20(13-15-7-3-1-4-8-15)26-22(28)29-17-9-5-2-6-10-17/h1-12,14,20H,13H2,(H,25,27)(H,26,28)/t20-/m0/s1. The zero-order chi connectivity index (χ0) is 20.6. The maximum atomic E-state index is 12.9. The van der Waals surface area contributed by atoms with Gasteiger partial charge in [-0.2, -0.15) is 0 Å². The first-order chi connectivity index (χ1) is 14.0. The van der Waals surface area contributed by atoms with Gasteiger partial charge in [-0.05, 0) is 51.8 Å². The zero-order valence-corrected chi connectivity index (χ0v) is 17.6. The van der Waals surface area contributed by atoms with Crippen LogP contribution in [0.3, 0.4) is 0 Å². The SMILES string of the molecule is O=C(N[C@@H](Cc1ccccc1)C(=O)Nc1ccc(Cl)c(Br)c1)Oc1ccccc1. The smallest absolute Gasteiger partial charge is 0.410 e. The second-order valence-corrected chi connectivity index (χ2v) is 7.47. The molecule has 0 aliphatic heterocycles. The van der Waals surface area contributed by atoms with Crippen LogP contribution in [0.4, 0.5) is 10.5 Å². The van der Waals surface area contributed by atoms with Crippen LogP contribution in [0.5, 0.6) is 5.75 Å². The van der Waals surface area contributed by atoms with Crippen LogP contribution in [-0.4, -0.2) is 18.0 Å². The van der Waals surface area contributed by atoms with Gasteiger partial charge in [-0.25, -0.2) is 4.79 Å². The quantitative estimate of drug-likeness (QED) is 0.501. The number of para-hydroxylation sites is 1. The molecule has 148 valence electrons. The van der Waals surface area contributed by atoms with Crippen LogP contribution in [0.15, 0.2) is 83.3 Å². The molecule has 0 unspecified atom stereocenters. The number of ether oxygens (including phenoxy) is 1. The van der Waals surface area contributed by atoms with Crippen LogP contribution < -0.4 is 15.4 Å². The van der Waals surface area contributed by atoms with E-state index in [4.69, 9.17) is 16.3 Å². The van der Waals surface area contributed by atoms with Crippen molar-refractivity contribution in [2.24, 2.45) is 0 Å². The maximum Gasteiger partial charge on any atom is 0.413 e. The minimum absolute atomic E-state index is 0.311. The van der Waals surface area contributed by atoms with Crippen molar-refractivity contribution in [1.29, 1.82) is 0 Å². The number of carbonyl (C=O) groups excluding carboxylic acids is 2. The molecule has 0 radical (unpaired) electrons. The molecule has 2 N–H and O–H groups in total. The van der Waals surface area contributed by atoms with E-state index >= 15 is 0 Å². The first kappa shape index (κ1) is 20.9. The number of hydrogen-bond donors (Lipinski definition) is 2. The average molecular weight is 474 g/mol. The molecule has 0 saturated carbocycles. The average Bonchev–Trinajstić information content (AvgIpc) is 2.72. The monoisotopic (exact) mass is 472 g/mol. The third kappa shape index (κ3) is 6.34. The zero-order valence-electron chi connectivity index (χ0n) is 15.3. The van der Waals surface area contributed by atoms with Gasteiger partial charge in [-0.3, -0.25) is 4.79 Å². The molecule has 7 heteroatoms. The topological polar surface area (TPSA) is 67.4 Å². The molecule has 0 aliphatic rings. The highest BCUT2D eigenvalue weighted by Gasteiger charge is 2.22. The van der Waals surface area contributed by atoms with Crippen molar-refractivity contribution in [3.05, 3.63) is 93.9 Å². The summed E-state index contributed by atoms with van der Waals surface area (Å²) >= 11 is 9.33. The predicted octanol–water partition coefficient (Wildman–Crippen LogP) is 5.44. The van der Waals surface area contributed by atoms with Crippen LogP contribution in [-0.2, 0) is 11.2 Å². The lowest BCUT2D eigenvalue weighted by molar-refractivity contribution is -0.118. The fourth-order valence-electron chi connectivity index (χ4n) is 2.63. The summed E-state index contributed by atoms with van der Waals surface area (Å²) in [4.78, 5) is 25.2. The van der Waals surface area contributed by atoms with E-state index in [-0.39, 0.29) is 5.91 Å². The summed E-state index contributed by atoms with van der Waals surface area (Å²) in [5.41, 5.74) is 1.47. The summed E-state index contributed by atoms with van der Waals surface area (Å²) in [6.45, 7) is 0. The summed E-state index contributed by atoms with van der Waals surface area (Å²) in [6.07, 6.45) is -0.393. The Kier molecular flexibility index (Phi) is 7.27. The van der Waals surface area contributed by atoms with E-state index < -0.39 is 12.1 Å². The number of benzene rings is 3. The van der Waals surface area contributed by atoms with Gasteiger partial charge in [0.05, 0.1) is 5.02 Å². The van der Waals surface area contributed by atoms with Gasteiger partial charge in [0.2, 0.25) is 5.91 Å². The fourth-order valence-corrected chi connectivity index (χ4v) is 3.13. The fraction of sp³-hybridized carbons (Fsp3) is 0.0909. The minimum Gasteiger partial charge on any atom is -0.410 e.